The summed E-state index contributed by atoms with van der Waals surface area (Å²) in [7, 11) is -1.74. The molecule has 23 heavy (non-hydrogen) atoms. The molecule has 0 aliphatic heterocycles. The SMILES string of the molecule is CC(C)[Si](C#C/C=C/C(=O)Oc1ccccc1)(C(C)C)C(C)C. The summed E-state index contributed by atoms with van der Waals surface area (Å²) in [5.74, 6) is 3.27. The predicted molar refractivity (Wildman–Crippen MR) is 100 cm³/mol. The molecule has 0 saturated carbocycles. The first kappa shape index (κ1) is 19.3. The monoisotopic (exact) mass is 328 g/mol. The summed E-state index contributed by atoms with van der Waals surface area (Å²) in [5.41, 5.74) is 5.29. The molecule has 0 unspecified atom stereocenters. The van der Waals surface area contributed by atoms with Crippen LogP contribution < -0.4 is 4.74 Å². The number of hydrogen-bond acceptors (Lipinski definition) is 2. The quantitative estimate of drug-likeness (QED) is 0.239. The minimum Gasteiger partial charge on any atom is -0.423 e. The van der Waals surface area contributed by atoms with Crippen molar-refractivity contribution in [3.8, 4) is 17.2 Å². The fourth-order valence-electron chi connectivity index (χ4n) is 3.35. The van der Waals surface area contributed by atoms with Gasteiger partial charge in [0, 0.05) is 6.08 Å². The van der Waals surface area contributed by atoms with E-state index in [-0.39, 0.29) is 0 Å². The maximum Gasteiger partial charge on any atom is 0.336 e. The molecule has 0 aliphatic rings. The van der Waals surface area contributed by atoms with E-state index in [9.17, 15) is 4.79 Å². The van der Waals surface area contributed by atoms with Gasteiger partial charge in [-0.3, -0.25) is 0 Å². The summed E-state index contributed by atoms with van der Waals surface area (Å²) in [6.07, 6.45) is 3.03. The van der Waals surface area contributed by atoms with Crippen LogP contribution in [0.5, 0.6) is 5.75 Å². The van der Waals surface area contributed by atoms with E-state index in [1.165, 1.54) is 6.08 Å². The molecule has 0 bridgehead atoms. The van der Waals surface area contributed by atoms with E-state index < -0.39 is 14.0 Å². The Kier molecular flexibility index (Phi) is 7.32. The zero-order chi connectivity index (χ0) is 17.5. The lowest BCUT2D eigenvalue weighted by atomic mass is 10.3. The lowest BCUT2D eigenvalue weighted by Crippen LogP contribution is -2.43. The van der Waals surface area contributed by atoms with E-state index in [1.54, 1.807) is 18.2 Å². The number of allylic oxidation sites excluding steroid dienone is 1. The van der Waals surface area contributed by atoms with Crippen molar-refractivity contribution in [2.75, 3.05) is 0 Å². The van der Waals surface area contributed by atoms with Crippen LogP contribution in [-0.2, 0) is 4.79 Å². The lowest BCUT2D eigenvalue weighted by Gasteiger charge is -2.37. The van der Waals surface area contributed by atoms with Gasteiger partial charge in [0.1, 0.15) is 13.8 Å². The van der Waals surface area contributed by atoms with Crippen LogP contribution in [0.15, 0.2) is 42.5 Å². The van der Waals surface area contributed by atoms with Crippen LogP contribution in [0, 0.1) is 11.5 Å². The lowest BCUT2D eigenvalue weighted by molar-refractivity contribution is -0.128. The molecule has 3 heteroatoms. The molecule has 1 aromatic carbocycles. The van der Waals surface area contributed by atoms with Crippen molar-refractivity contribution in [3.63, 3.8) is 0 Å². The molecule has 2 nitrogen and oxygen atoms in total. The maximum atomic E-state index is 11.8. The van der Waals surface area contributed by atoms with Gasteiger partial charge in [0.15, 0.2) is 0 Å². The largest absolute Gasteiger partial charge is 0.423 e. The Hall–Kier alpha value is -1.79. The van der Waals surface area contributed by atoms with Gasteiger partial charge in [0.2, 0.25) is 0 Å². The fraction of sp³-hybridized carbons (Fsp3) is 0.450. The number of ether oxygens (including phenoxy) is 1. The normalized spacial score (nSPS) is 11.9. The first-order chi connectivity index (χ1) is 10.8. The second-order valence-corrected chi connectivity index (χ2v) is 12.3. The smallest absolute Gasteiger partial charge is 0.336 e. The molecular weight excluding hydrogens is 300 g/mol. The van der Waals surface area contributed by atoms with E-state index in [2.05, 4.69) is 53.0 Å². The zero-order valence-corrected chi connectivity index (χ0v) is 16.1. The zero-order valence-electron chi connectivity index (χ0n) is 15.1. The third-order valence-corrected chi connectivity index (χ3v) is 10.7. The molecule has 0 fully saturated rings. The minimum atomic E-state index is -1.74. The van der Waals surface area contributed by atoms with Crippen molar-refractivity contribution in [2.24, 2.45) is 0 Å². The second kappa shape index (κ2) is 8.74. The van der Waals surface area contributed by atoms with Crippen LogP contribution in [0.2, 0.25) is 16.6 Å². The van der Waals surface area contributed by atoms with Gasteiger partial charge in [-0.15, -0.1) is 5.54 Å². The van der Waals surface area contributed by atoms with E-state index in [0.29, 0.717) is 22.4 Å². The topological polar surface area (TPSA) is 26.3 Å². The molecule has 1 aromatic rings. The van der Waals surface area contributed by atoms with Crippen molar-refractivity contribution in [1.82, 2.24) is 0 Å². The highest BCUT2D eigenvalue weighted by Crippen LogP contribution is 2.40. The van der Waals surface area contributed by atoms with E-state index in [1.807, 2.05) is 18.2 Å². The van der Waals surface area contributed by atoms with Gasteiger partial charge in [0.25, 0.3) is 0 Å². The Morgan fingerprint density at radius 1 is 1.00 bits per heavy atom. The Labute approximate surface area is 142 Å². The predicted octanol–water partition coefficient (Wildman–Crippen LogP) is 5.37. The Morgan fingerprint density at radius 2 is 1.52 bits per heavy atom. The molecule has 124 valence electrons. The average Bonchev–Trinajstić information content (AvgIpc) is 2.47. The Balaban J connectivity index is 2.82. The molecule has 0 radical (unpaired) electrons. The molecule has 0 amide bonds. The van der Waals surface area contributed by atoms with Gasteiger partial charge in [-0.2, -0.15) is 0 Å². The highest BCUT2D eigenvalue weighted by atomic mass is 28.3. The number of para-hydroxylation sites is 1. The molecule has 0 heterocycles. The summed E-state index contributed by atoms with van der Waals surface area (Å²) in [5, 5.41) is 0. The fourth-order valence-corrected chi connectivity index (χ4v) is 8.55. The minimum absolute atomic E-state index is 0.392. The summed E-state index contributed by atoms with van der Waals surface area (Å²) in [4.78, 5) is 11.8. The standard InChI is InChI=1S/C20H28O2Si/c1-16(2)23(17(3)4,18(5)6)15-11-10-14-20(21)22-19-12-8-7-9-13-19/h7-10,12-14,16-18H,1-6H3/b14-10+. The average molecular weight is 329 g/mol. The van der Waals surface area contributed by atoms with Crippen LogP contribution in [0.3, 0.4) is 0 Å². The molecule has 0 N–H and O–H groups in total. The maximum absolute atomic E-state index is 11.8. The van der Waals surface area contributed by atoms with Crippen molar-refractivity contribution >= 4 is 14.0 Å². The van der Waals surface area contributed by atoms with E-state index >= 15 is 0 Å². The molecule has 0 aromatic heterocycles. The van der Waals surface area contributed by atoms with Crippen molar-refractivity contribution in [3.05, 3.63) is 42.5 Å². The van der Waals surface area contributed by atoms with E-state index in [0.717, 1.165) is 0 Å². The first-order valence-corrected chi connectivity index (χ1v) is 10.5. The summed E-state index contributed by atoms with van der Waals surface area (Å²) < 4.78 is 5.21. The van der Waals surface area contributed by atoms with Crippen LogP contribution in [0.4, 0.5) is 0 Å². The highest BCUT2D eigenvalue weighted by Gasteiger charge is 2.41. The number of benzene rings is 1. The van der Waals surface area contributed by atoms with Gasteiger partial charge >= 0.3 is 5.97 Å². The van der Waals surface area contributed by atoms with Gasteiger partial charge in [-0.1, -0.05) is 65.7 Å². The van der Waals surface area contributed by atoms with Gasteiger partial charge in [0.05, 0.1) is 0 Å². The molecule has 0 spiro atoms. The second-order valence-electron chi connectivity index (χ2n) is 6.73. The van der Waals surface area contributed by atoms with Crippen molar-refractivity contribution in [1.29, 1.82) is 0 Å². The number of hydrogen-bond donors (Lipinski definition) is 0. The molecule has 0 atom stereocenters. The van der Waals surface area contributed by atoms with Crippen LogP contribution >= 0.6 is 0 Å². The number of carbonyl (C=O) groups excluding carboxylic acids is 1. The molecule has 0 saturated heterocycles. The highest BCUT2D eigenvalue weighted by molar-refractivity contribution is 6.90. The summed E-state index contributed by atoms with van der Waals surface area (Å²) >= 11 is 0. The third-order valence-electron chi connectivity index (χ3n) is 4.42. The number of esters is 1. The van der Waals surface area contributed by atoms with Crippen LogP contribution in [-0.4, -0.2) is 14.0 Å². The number of carbonyl (C=O) groups is 1. The number of rotatable bonds is 5. The van der Waals surface area contributed by atoms with Gasteiger partial charge in [-0.05, 0) is 34.8 Å². The van der Waals surface area contributed by atoms with Crippen LogP contribution in [0.25, 0.3) is 0 Å². The molecule has 0 aliphatic carbocycles. The first-order valence-electron chi connectivity index (χ1n) is 8.26. The van der Waals surface area contributed by atoms with Crippen molar-refractivity contribution in [2.45, 2.75) is 58.2 Å². The van der Waals surface area contributed by atoms with Crippen molar-refractivity contribution < 1.29 is 9.53 Å². The third kappa shape index (κ3) is 5.11. The Bertz CT molecular complexity index is 567. The summed E-state index contributed by atoms with van der Waals surface area (Å²) in [6, 6.07) is 9.06. The van der Waals surface area contributed by atoms with Crippen LogP contribution in [0.1, 0.15) is 41.5 Å². The van der Waals surface area contributed by atoms with E-state index in [4.69, 9.17) is 4.74 Å². The van der Waals surface area contributed by atoms with Gasteiger partial charge in [-0.25, -0.2) is 4.79 Å². The Morgan fingerprint density at radius 3 is 2.00 bits per heavy atom. The summed E-state index contributed by atoms with van der Waals surface area (Å²) in [6.45, 7) is 13.6. The van der Waals surface area contributed by atoms with Gasteiger partial charge < -0.3 is 4.74 Å². The molecule has 1 rings (SSSR count). The molecular formula is C20H28O2Si.